The van der Waals surface area contributed by atoms with E-state index in [9.17, 15) is 14.7 Å². The summed E-state index contributed by atoms with van der Waals surface area (Å²) in [6, 6.07) is 14.1. The number of aromatic hydroxyl groups is 1. The molecule has 2 N–H and O–H groups in total. The number of thioether (sulfide) groups is 1. The zero-order valence-corrected chi connectivity index (χ0v) is 17.8. The summed E-state index contributed by atoms with van der Waals surface area (Å²) in [5.74, 6) is -0.933. The van der Waals surface area contributed by atoms with Crippen molar-refractivity contribution >= 4 is 63.5 Å². The molecular weight excluding hydrogens is 428 g/mol. The summed E-state index contributed by atoms with van der Waals surface area (Å²) in [7, 11) is 0. The van der Waals surface area contributed by atoms with E-state index in [0.29, 0.717) is 14.2 Å². The number of hydrogen-bond acceptors (Lipinski definition) is 5. The first-order valence-electron chi connectivity index (χ1n) is 8.60. The molecule has 0 radical (unpaired) electrons. The van der Waals surface area contributed by atoms with Crippen LogP contribution in [0.1, 0.15) is 12.5 Å². The van der Waals surface area contributed by atoms with Gasteiger partial charge < -0.3 is 10.4 Å². The van der Waals surface area contributed by atoms with Gasteiger partial charge in [-0.05, 0) is 42.3 Å². The van der Waals surface area contributed by atoms with Gasteiger partial charge >= 0.3 is 0 Å². The van der Waals surface area contributed by atoms with Crippen LogP contribution in [0.4, 0.5) is 5.69 Å². The zero-order chi connectivity index (χ0) is 21.0. The first-order valence-corrected chi connectivity index (χ1v) is 10.2. The Morgan fingerprint density at radius 3 is 2.72 bits per heavy atom. The van der Waals surface area contributed by atoms with Crippen molar-refractivity contribution in [2.24, 2.45) is 0 Å². The average Bonchev–Trinajstić information content (AvgIpc) is 2.92. The summed E-state index contributed by atoms with van der Waals surface area (Å²) < 4.78 is 0.305. The maximum Gasteiger partial charge on any atom is 0.266 e. The first kappa shape index (κ1) is 21.1. The number of nitrogens with one attached hydrogen (secondary N) is 1. The maximum absolute atomic E-state index is 12.7. The van der Waals surface area contributed by atoms with Crippen LogP contribution < -0.4 is 5.32 Å². The molecule has 8 heteroatoms. The molecule has 1 heterocycles. The molecule has 0 atom stereocenters. The van der Waals surface area contributed by atoms with Crippen LogP contribution in [0, 0.1) is 0 Å². The van der Waals surface area contributed by atoms with Crippen molar-refractivity contribution in [1.29, 1.82) is 0 Å². The van der Waals surface area contributed by atoms with Crippen molar-refractivity contribution in [2.45, 2.75) is 6.92 Å². The third-order valence-corrected chi connectivity index (χ3v) is 5.57. The Kier molecular flexibility index (Phi) is 6.74. The lowest BCUT2D eigenvalue weighted by Crippen LogP contribution is -2.36. The number of hydrogen-bond donors (Lipinski definition) is 2. The van der Waals surface area contributed by atoms with Gasteiger partial charge in [-0.15, -0.1) is 0 Å². The molecule has 0 unspecified atom stereocenters. The number of carbonyl (C=O) groups is 2. The highest BCUT2D eigenvalue weighted by molar-refractivity contribution is 8.26. The third-order valence-electron chi connectivity index (χ3n) is 3.96. The van der Waals surface area contributed by atoms with Crippen molar-refractivity contribution in [2.75, 3.05) is 11.9 Å². The Morgan fingerprint density at radius 1 is 1.28 bits per heavy atom. The molecule has 2 aromatic carbocycles. The summed E-state index contributed by atoms with van der Waals surface area (Å²) in [6.45, 7) is 1.64. The Morgan fingerprint density at radius 2 is 2.00 bits per heavy atom. The summed E-state index contributed by atoms with van der Waals surface area (Å²) in [5, 5.41) is 12.7. The summed E-state index contributed by atoms with van der Waals surface area (Å²) >= 11 is 12.3. The van der Waals surface area contributed by atoms with E-state index in [4.69, 9.17) is 23.8 Å². The standard InChI is InChI=1S/C21H17ClN2O3S2/c1-13(9-14-5-3-2-4-6-14)10-18-20(27)24(21(28)29-18)12-19(26)23-16-11-15(22)7-8-17(16)25/h2-11,25H,12H2,1H3,(H,23,26)/b13-9+,18-10-. The van der Waals surface area contributed by atoms with E-state index in [0.717, 1.165) is 22.9 Å². The topological polar surface area (TPSA) is 69.6 Å². The fourth-order valence-electron chi connectivity index (χ4n) is 2.64. The van der Waals surface area contributed by atoms with Crippen molar-refractivity contribution in [3.05, 3.63) is 75.7 Å². The van der Waals surface area contributed by atoms with Gasteiger partial charge in [0, 0.05) is 5.02 Å². The zero-order valence-electron chi connectivity index (χ0n) is 15.4. The van der Waals surface area contributed by atoms with Crippen molar-refractivity contribution in [1.82, 2.24) is 4.90 Å². The van der Waals surface area contributed by atoms with Gasteiger partial charge in [0.25, 0.3) is 5.91 Å². The molecule has 0 aromatic heterocycles. The number of thiocarbonyl (C=S) groups is 1. The highest BCUT2D eigenvalue weighted by Gasteiger charge is 2.33. The molecular formula is C21H17ClN2O3S2. The molecule has 148 valence electrons. The van der Waals surface area contributed by atoms with Gasteiger partial charge in [-0.1, -0.05) is 72.0 Å². The molecule has 2 amide bonds. The number of phenols is 1. The second kappa shape index (κ2) is 9.26. The molecule has 1 aliphatic rings. The van der Waals surface area contributed by atoms with Gasteiger partial charge in [-0.2, -0.15) is 0 Å². The molecule has 1 aliphatic heterocycles. The number of allylic oxidation sites excluding steroid dienone is 2. The van der Waals surface area contributed by atoms with E-state index >= 15 is 0 Å². The van der Waals surface area contributed by atoms with Gasteiger partial charge in [-0.25, -0.2) is 0 Å². The molecule has 5 nitrogen and oxygen atoms in total. The normalized spacial score (nSPS) is 15.9. The highest BCUT2D eigenvalue weighted by Crippen LogP contribution is 2.32. The molecule has 29 heavy (non-hydrogen) atoms. The Bertz CT molecular complexity index is 1040. The maximum atomic E-state index is 12.7. The van der Waals surface area contributed by atoms with E-state index in [1.807, 2.05) is 43.3 Å². The van der Waals surface area contributed by atoms with Crippen LogP contribution in [0.15, 0.2) is 65.1 Å². The number of anilines is 1. The van der Waals surface area contributed by atoms with E-state index < -0.39 is 5.91 Å². The van der Waals surface area contributed by atoms with Gasteiger partial charge in [-0.3, -0.25) is 14.5 Å². The van der Waals surface area contributed by atoms with Crippen LogP contribution in [0.2, 0.25) is 5.02 Å². The Balaban J connectivity index is 1.69. The molecule has 2 aromatic rings. The largest absolute Gasteiger partial charge is 0.506 e. The number of amides is 2. The van der Waals surface area contributed by atoms with Crippen molar-refractivity contribution in [3.63, 3.8) is 0 Å². The molecule has 3 rings (SSSR count). The minimum atomic E-state index is -0.489. The van der Waals surface area contributed by atoms with Crippen molar-refractivity contribution < 1.29 is 14.7 Å². The number of benzene rings is 2. The molecule has 1 saturated heterocycles. The molecule has 0 bridgehead atoms. The van der Waals surface area contributed by atoms with Gasteiger partial charge in [0.15, 0.2) is 0 Å². The molecule has 0 aliphatic carbocycles. The van der Waals surface area contributed by atoms with Crippen LogP contribution in [0.5, 0.6) is 5.75 Å². The third kappa shape index (κ3) is 5.47. The summed E-state index contributed by atoms with van der Waals surface area (Å²) in [4.78, 5) is 26.7. The van der Waals surface area contributed by atoms with Gasteiger partial charge in [0.2, 0.25) is 5.91 Å². The predicted octanol–water partition coefficient (Wildman–Crippen LogP) is 4.83. The van der Waals surface area contributed by atoms with Crippen LogP contribution >= 0.6 is 35.6 Å². The molecule has 0 spiro atoms. The highest BCUT2D eigenvalue weighted by atomic mass is 35.5. The fraction of sp³-hybridized carbons (Fsp3) is 0.0952. The average molecular weight is 445 g/mol. The van der Waals surface area contributed by atoms with E-state index in [-0.39, 0.29) is 23.9 Å². The second-order valence-electron chi connectivity index (χ2n) is 6.28. The van der Waals surface area contributed by atoms with Crippen LogP contribution in [-0.2, 0) is 9.59 Å². The van der Waals surface area contributed by atoms with Gasteiger partial charge in [0.05, 0.1) is 10.6 Å². The van der Waals surface area contributed by atoms with Crippen LogP contribution in [-0.4, -0.2) is 32.7 Å². The van der Waals surface area contributed by atoms with Crippen LogP contribution in [0.3, 0.4) is 0 Å². The van der Waals surface area contributed by atoms with E-state index in [1.54, 1.807) is 6.08 Å². The van der Waals surface area contributed by atoms with Crippen LogP contribution in [0.25, 0.3) is 6.08 Å². The number of nitrogens with zero attached hydrogens (tertiary/aromatic N) is 1. The Hall–Kier alpha value is -2.61. The monoisotopic (exact) mass is 444 g/mol. The number of phenolic OH excluding ortho intramolecular Hbond substituents is 1. The van der Waals surface area contributed by atoms with E-state index in [2.05, 4.69) is 5.32 Å². The van der Waals surface area contributed by atoms with E-state index in [1.165, 1.54) is 23.1 Å². The number of carbonyl (C=O) groups excluding carboxylic acids is 2. The second-order valence-corrected chi connectivity index (χ2v) is 8.39. The SMILES string of the molecule is CC(/C=C1\SC(=S)N(CC(=O)Nc2cc(Cl)ccc2O)C1=O)=C\c1ccccc1. The lowest BCUT2D eigenvalue weighted by Gasteiger charge is -2.14. The lowest BCUT2D eigenvalue weighted by molar-refractivity contribution is -0.126. The quantitative estimate of drug-likeness (QED) is 0.392. The molecule has 0 saturated carbocycles. The fourth-order valence-corrected chi connectivity index (χ4v) is 4.12. The minimum Gasteiger partial charge on any atom is -0.506 e. The number of rotatable bonds is 5. The smallest absolute Gasteiger partial charge is 0.266 e. The first-order chi connectivity index (χ1) is 13.8. The Labute approximate surface area is 183 Å². The van der Waals surface area contributed by atoms with Crippen molar-refractivity contribution in [3.8, 4) is 5.75 Å². The summed E-state index contributed by atoms with van der Waals surface area (Å²) in [5.41, 5.74) is 2.09. The van der Waals surface area contributed by atoms with Gasteiger partial charge in [0.1, 0.15) is 16.6 Å². The minimum absolute atomic E-state index is 0.116. The summed E-state index contributed by atoms with van der Waals surface area (Å²) in [6.07, 6.45) is 3.72. The number of halogens is 1. The lowest BCUT2D eigenvalue weighted by atomic mass is 10.1. The predicted molar refractivity (Wildman–Crippen MR) is 122 cm³/mol. The molecule has 1 fully saturated rings.